The second-order valence-electron chi connectivity index (χ2n) is 5.82. The molecule has 0 saturated carbocycles. The summed E-state index contributed by atoms with van der Waals surface area (Å²) in [4.78, 5) is 0. The molecule has 0 aliphatic rings. The van der Waals surface area contributed by atoms with E-state index < -0.39 is 0 Å². The summed E-state index contributed by atoms with van der Waals surface area (Å²) in [6.45, 7) is 9.54. The summed E-state index contributed by atoms with van der Waals surface area (Å²) < 4.78 is 2.22. The van der Waals surface area contributed by atoms with E-state index in [1.807, 2.05) is 0 Å². The fraction of sp³-hybridized carbons (Fsp3) is 0.412. The van der Waals surface area contributed by atoms with E-state index in [0.717, 1.165) is 6.54 Å². The lowest BCUT2D eigenvalue weighted by molar-refractivity contribution is 0.513. The van der Waals surface area contributed by atoms with Gasteiger partial charge in [0.15, 0.2) is 0 Å². The molecule has 2 N–H and O–H groups in total. The van der Waals surface area contributed by atoms with Crippen molar-refractivity contribution in [1.29, 1.82) is 0 Å². The van der Waals surface area contributed by atoms with Crippen LogP contribution in [0.5, 0.6) is 0 Å². The summed E-state index contributed by atoms with van der Waals surface area (Å²) in [5, 5.41) is 0. The first kappa shape index (κ1) is 13.9. The number of nitrogens with two attached hydrogens (primary N) is 1. The topological polar surface area (TPSA) is 30.9 Å². The lowest BCUT2D eigenvalue weighted by atomic mass is 10.00. The predicted molar refractivity (Wildman–Crippen MR) is 81.2 cm³/mol. The Morgan fingerprint density at radius 2 is 1.89 bits per heavy atom. The van der Waals surface area contributed by atoms with E-state index in [1.54, 1.807) is 0 Å². The molecule has 2 heteroatoms. The van der Waals surface area contributed by atoms with E-state index in [4.69, 9.17) is 5.73 Å². The van der Waals surface area contributed by atoms with Crippen LogP contribution in [0.2, 0.25) is 0 Å². The van der Waals surface area contributed by atoms with Crippen molar-refractivity contribution in [3.63, 3.8) is 0 Å². The summed E-state index contributed by atoms with van der Waals surface area (Å²) in [7, 11) is 0. The van der Waals surface area contributed by atoms with Crippen LogP contribution in [0.1, 0.15) is 42.1 Å². The van der Waals surface area contributed by atoms with Crippen LogP contribution in [-0.2, 0) is 6.54 Å². The van der Waals surface area contributed by atoms with E-state index >= 15 is 0 Å². The summed E-state index contributed by atoms with van der Waals surface area (Å²) in [6, 6.07) is 8.87. The Labute approximate surface area is 116 Å². The van der Waals surface area contributed by atoms with Crippen LogP contribution in [-0.4, -0.2) is 4.57 Å². The number of rotatable bonds is 4. The third kappa shape index (κ3) is 3.27. The first-order chi connectivity index (χ1) is 8.97. The number of aromatic nitrogens is 1. The molecule has 0 saturated heterocycles. The SMILES string of the molecule is Cc1ccc(C)c(Cn2ccc(C(N)C(C)C)c2)c1. The van der Waals surface area contributed by atoms with Crippen molar-refractivity contribution in [2.75, 3.05) is 0 Å². The van der Waals surface area contributed by atoms with Crippen molar-refractivity contribution < 1.29 is 0 Å². The molecule has 1 heterocycles. The van der Waals surface area contributed by atoms with Gasteiger partial charge in [-0.05, 0) is 42.5 Å². The number of hydrogen-bond donors (Lipinski definition) is 1. The van der Waals surface area contributed by atoms with Gasteiger partial charge in [-0.1, -0.05) is 37.6 Å². The molecule has 1 aromatic heterocycles. The quantitative estimate of drug-likeness (QED) is 0.886. The predicted octanol–water partition coefficient (Wildman–Crippen LogP) is 3.81. The van der Waals surface area contributed by atoms with Gasteiger partial charge in [-0.15, -0.1) is 0 Å². The number of hydrogen-bond acceptors (Lipinski definition) is 1. The van der Waals surface area contributed by atoms with Crippen LogP contribution in [0.15, 0.2) is 36.7 Å². The van der Waals surface area contributed by atoms with Crippen LogP contribution in [0.25, 0.3) is 0 Å². The lowest BCUT2D eigenvalue weighted by Gasteiger charge is -2.13. The van der Waals surface area contributed by atoms with Gasteiger partial charge in [-0.2, -0.15) is 0 Å². The maximum atomic E-state index is 6.19. The molecule has 0 bridgehead atoms. The lowest BCUT2D eigenvalue weighted by Crippen LogP contribution is -2.15. The Hall–Kier alpha value is -1.54. The van der Waals surface area contributed by atoms with Crippen molar-refractivity contribution in [2.24, 2.45) is 11.7 Å². The van der Waals surface area contributed by atoms with Crippen molar-refractivity contribution in [1.82, 2.24) is 4.57 Å². The highest BCUT2D eigenvalue weighted by atomic mass is 14.9. The Kier molecular flexibility index (Phi) is 4.11. The number of aryl methyl sites for hydroxylation is 2. The second-order valence-corrected chi connectivity index (χ2v) is 5.82. The molecule has 0 radical (unpaired) electrons. The average molecular weight is 256 g/mol. The molecule has 0 aliphatic carbocycles. The molecule has 2 nitrogen and oxygen atoms in total. The van der Waals surface area contributed by atoms with Gasteiger partial charge in [0.1, 0.15) is 0 Å². The third-order valence-electron chi connectivity index (χ3n) is 3.73. The van der Waals surface area contributed by atoms with Crippen LogP contribution >= 0.6 is 0 Å². The smallest absolute Gasteiger partial charge is 0.0473 e. The molecule has 0 fully saturated rings. The van der Waals surface area contributed by atoms with E-state index in [9.17, 15) is 0 Å². The van der Waals surface area contributed by atoms with Crippen molar-refractivity contribution in [2.45, 2.75) is 40.3 Å². The molecule has 2 rings (SSSR count). The minimum absolute atomic E-state index is 0.125. The highest BCUT2D eigenvalue weighted by molar-refractivity contribution is 5.31. The maximum Gasteiger partial charge on any atom is 0.0473 e. The molecule has 1 aromatic carbocycles. The Bertz CT molecular complexity index is 552. The third-order valence-corrected chi connectivity index (χ3v) is 3.73. The standard InChI is InChI=1S/C17H24N2/c1-12(2)17(18)15-7-8-19(10-15)11-16-9-13(3)5-6-14(16)4/h5-10,12,17H,11,18H2,1-4H3. The van der Waals surface area contributed by atoms with Crippen LogP contribution in [0.3, 0.4) is 0 Å². The summed E-state index contributed by atoms with van der Waals surface area (Å²) in [5.74, 6) is 0.469. The van der Waals surface area contributed by atoms with Crippen LogP contribution in [0.4, 0.5) is 0 Å². The monoisotopic (exact) mass is 256 g/mol. The normalized spacial score (nSPS) is 12.9. The van der Waals surface area contributed by atoms with Gasteiger partial charge in [0.05, 0.1) is 0 Å². The largest absolute Gasteiger partial charge is 0.350 e. The Balaban J connectivity index is 2.18. The van der Waals surface area contributed by atoms with Gasteiger partial charge in [-0.25, -0.2) is 0 Å². The Morgan fingerprint density at radius 1 is 1.16 bits per heavy atom. The molecule has 1 atom stereocenters. The summed E-state index contributed by atoms with van der Waals surface area (Å²) in [6.07, 6.45) is 4.30. The van der Waals surface area contributed by atoms with Gasteiger partial charge in [0, 0.05) is 25.0 Å². The summed E-state index contributed by atoms with van der Waals surface area (Å²) >= 11 is 0. The zero-order valence-corrected chi connectivity index (χ0v) is 12.4. The van der Waals surface area contributed by atoms with Crippen molar-refractivity contribution in [3.8, 4) is 0 Å². The van der Waals surface area contributed by atoms with Gasteiger partial charge in [0.25, 0.3) is 0 Å². The highest BCUT2D eigenvalue weighted by Gasteiger charge is 2.11. The minimum Gasteiger partial charge on any atom is -0.350 e. The fourth-order valence-electron chi connectivity index (χ4n) is 2.31. The summed E-state index contributed by atoms with van der Waals surface area (Å²) in [5.41, 5.74) is 11.4. The van der Waals surface area contributed by atoms with Gasteiger partial charge < -0.3 is 10.3 Å². The Morgan fingerprint density at radius 3 is 2.58 bits per heavy atom. The van der Waals surface area contributed by atoms with E-state index in [1.165, 1.54) is 22.3 Å². The minimum atomic E-state index is 0.125. The van der Waals surface area contributed by atoms with Crippen LogP contribution < -0.4 is 5.73 Å². The van der Waals surface area contributed by atoms with E-state index in [-0.39, 0.29) is 6.04 Å². The van der Waals surface area contributed by atoms with Crippen molar-refractivity contribution >= 4 is 0 Å². The number of benzene rings is 1. The van der Waals surface area contributed by atoms with Gasteiger partial charge in [0.2, 0.25) is 0 Å². The van der Waals surface area contributed by atoms with Gasteiger partial charge >= 0.3 is 0 Å². The highest BCUT2D eigenvalue weighted by Crippen LogP contribution is 2.20. The van der Waals surface area contributed by atoms with E-state index in [2.05, 4.69) is 68.9 Å². The molecule has 19 heavy (non-hydrogen) atoms. The second kappa shape index (κ2) is 5.62. The van der Waals surface area contributed by atoms with E-state index in [0.29, 0.717) is 5.92 Å². The molecule has 0 spiro atoms. The van der Waals surface area contributed by atoms with Crippen molar-refractivity contribution in [3.05, 3.63) is 58.9 Å². The molecule has 0 aliphatic heterocycles. The zero-order chi connectivity index (χ0) is 14.0. The first-order valence-corrected chi connectivity index (χ1v) is 6.94. The zero-order valence-electron chi connectivity index (χ0n) is 12.4. The molecule has 0 amide bonds. The number of nitrogens with zero attached hydrogens (tertiary/aromatic N) is 1. The molecule has 1 unspecified atom stereocenters. The van der Waals surface area contributed by atoms with Gasteiger partial charge in [-0.3, -0.25) is 0 Å². The molecule has 2 aromatic rings. The van der Waals surface area contributed by atoms with Crippen LogP contribution in [0, 0.1) is 19.8 Å². The first-order valence-electron chi connectivity index (χ1n) is 6.94. The maximum absolute atomic E-state index is 6.19. The average Bonchev–Trinajstić information content (AvgIpc) is 2.81. The molecular formula is C17H24N2. The fourth-order valence-corrected chi connectivity index (χ4v) is 2.31. The molecule has 102 valence electrons. The molecular weight excluding hydrogens is 232 g/mol.